The van der Waals surface area contributed by atoms with Gasteiger partial charge in [-0.25, -0.2) is 13.6 Å². The molecule has 41 heavy (non-hydrogen) atoms. The van der Waals surface area contributed by atoms with E-state index in [2.05, 4.69) is 10.1 Å². The number of urea groups is 1. The Bertz CT molecular complexity index is 1710. The average molecular weight is 561 g/mol. The van der Waals surface area contributed by atoms with Gasteiger partial charge in [-0.15, -0.1) is 0 Å². The molecule has 12 heteroatoms. The van der Waals surface area contributed by atoms with Crippen LogP contribution in [0, 0.1) is 29.9 Å². The highest BCUT2D eigenvalue weighted by atomic mass is 19.1. The van der Waals surface area contributed by atoms with E-state index in [0.717, 1.165) is 16.2 Å². The highest BCUT2D eigenvalue weighted by Gasteiger charge is 2.38. The Morgan fingerprint density at radius 3 is 2.46 bits per heavy atom. The SMILES string of the molecule is COCc1cc(OC)c(F)c(N2Cc3cnc(-c4cn(C)nc4C)cc3N(c3ccc(C#N)c(OC)c3)C2=O)c1F. The van der Waals surface area contributed by atoms with Gasteiger partial charge in [0.2, 0.25) is 0 Å². The van der Waals surface area contributed by atoms with Crippen LogP contribution in [0.25, 0.3) is 11.3 Å². The molecule has 0 saturated carbocycles. The smallest absolute Gasteiger partial charge is 0.334 e. The third kappa shape index (κ3) is 4.70. The normalized spacial score (nSPS) is 12.8. The molecule has 3 heterocycles. The van der Waals surface area contributed by atoms with E-state index in [4.69, 9.17) is 14.2 Å². The second-order valence-corrected chi connectivity index (χ2v) is 9.35. The van der Waals surface area contributed by atoms with Gasteiger partial charge < -0.3 is 14.2 Å². The Balaban J connectivity index is 1.74. The lowest BCUT2D eigenvalue weighted by atomic mass is 10.0. The molecule has 2 amide bonds. The molecule has 4 aromatic rings. The van der Waals surface area contributed by atoms with Gasteiger partial charge in [0.05, 0.1) is 55.7 Å². The summed E-state index contributed by atoms with van der Waals surface area (Å²) in [6, 6.07) is 8.84. The molecule has 0 bridgehead atoms. The van der Waals surface area contributed by atoms with Crippen LogP contribution in [-0.4, -0.2) is 42.1 Å². The van der Waals surface area contributed by atoms with Crippen LogP contribution >= 0.6 is 0 Å². The number of aromatic nitrogens is 3. The molecular weight excluding hydrogens is 534 g/mol. The standard InChI is InChI=1S/C29H26F2N6O4/c1-16-21(14-35(2)34-16)22-10-23-19(12-33-22)13-36(28-26(30)18(15-39-3)8-25(41-5)27(28)31)29(38)37(23)20-7-6-17(11-32)24(9-20)40-4/h6-10,12,14H,13,15H2,1-5H3. The first kappa shape index (κ1) is 27.5. The van der Waals surface area contributed by atoms with Crippen LogP contribution in [0.1, 0.15) is 22.4 Å². The number of pyridine rings is 1. The molecule has 0 spiro atoms. The summed E-state index contributed by atoms with van der Waals surface area (Å²) in [6.07, 6.45) is 3.38. The van der Waals surface area contributed by atoms with E-state index in [0.29, 0.717) is 22.6 Å². The van der Waals surface area contributed by atoms with E-state index in [1.807, 2.05) is 19.2 Å². The molecule has 2 aromatic heterocycles. The molecule has 0 N–H and O–H groups in total. The number of aryl methyl sites for hydroxylation is 2. The van der Waals surface area contributed by atoms with Gasteiger partial charge >= 0.3 is 6.03 Å². The van der Waals surface area contributed by atoms with Crippen molar-refractivity contribution in [3.63, 3.8) is 0 Å². The second-order valence-electron chi connectivity index (χ2n) is 9.35. The molecular formula is C29H26F2N6O4. The monoisotopic (exact) mass is 560 g/mol. The van der Waals surface area contributed by atoms with Crippen molar-refractivity contribution in [3.05, 3.63) is 76.7 Å². The first-order valence-electron chi connectivity index (χ1n) is 12.4. The van der Waals surface area contributed by atoms with Crippen molar-refractivity contribution in [2.75, 3.05) is 31.1 Å². The maximum atomic E-state index is 15.8. The van der Waals surface area contributed by atoms with Gasteiger partial charge in [0, 0.05) is 49.3 Å². The number of benzene rings is 2. The van der Waals surface area contributed by atoms with Crippen molar-refractivity contribution in [1.82, 2.24) is 14.8 Å². The minimum Gasteiger partial charge on any atom is -0.495 e. The third-order valence-electron chi connectivity index (χ3n) is 6.82. The highest BCUT2D eigenvalue weighted by Crippen LogP contribution is 2.43. The number of amides is 2. The van der Waals surface area contributed by atoms with Crippen LogP contribution in [-0.2, 0) is 24.9 Å². The Morgan fingerprint density at radius 2 is 1.83 bits per heavy atom. The summed E-state index contributed by atoms with van der Waals surface area (Å²) in [4.78, 5) is 21.1. The molecule has 1 aliphatic rings. The quantitative estimate of drug-likeness (QED) is 0.299. The number of nitrogens with zero attached hydrogens (tertiary/aromatic N) is 6. The van der Waals surface area contributed by atoms with Gasteiger partial charge in [0.25, 0.3) is 0 Å². The Morgan fingerprint density at radius 1 is 1.07 bits per heavy atom. The maximum absolute atomic E-state index is 15.8. The number of fused-ring (bicyclic) bond motifs is 1. The fourth-order valence-electron chi connectivity index (χ4n) is 4.89. The summed E-state index contributed by atoms with van der Waals surface area (Å²) in [5, 5.41) is 13.9. The van der Waals surface area contributed by atoms with Crippen LogP contribution in [0.15, 0.2) is 42.7 Å². The van der Waals surface area contributed by atoms with Crippen LogP contribution in [0.2, 0.25) is 0 Å². The molecule has 210 valence electrons. The number of nitriles is 1. The van der Waals surface area contributed by atoms with Crippen molar-refractivity contribution >= 4 is 23.1 Å². The molecule has 0 atom stereocenters. The Kier molecular flexibility index (Phi) is 7.30. The van der Waals surface area contributed by atoms with Crippen molar-refractivity contribution in [2.45, 2.75) is 20.1 Å². The summed E-state index contributed by atoms with van der Waals surface area (Å²) in [5.74, 6) is -1.99. The minimum absolute atomic E-state index is 0.0199. The number of halogens is 2. The molecule has 0 unspecified atom stereocenters. The lowest BCUT2D eigenvalue weighted by molar-refractivity contribution is 0.181. The van der Waals surface area contributed by atoms with E-state index >= 15 is 8.78 Å². The van der Waals surface area contributed by atoms with Gasteiger partial charge in [-0.2, -0.15) is 10.4 Å². The van der Waals surface area contributed by atoms with Gasteiger partial charge in [-0.3, -0.25) is 19.5 Å². The second kappa shape index (κ2) is 10.9. The number of ether oxygens (including phenoxy) is 3. The summed E-state index contributed by atoms with van der Waals surface area (Å²) < 4.78 is 48.7. The number of rotatable bonds is 7. The van der Waals surface area contributed by atoms with Crippen molar-refractivity contribution in [1.29, 1.82) is 5.26 Å². The Hall–Kier alpha value is -5.02. The number of carbonyl (C=O) groups is 1. The number of hydrogen-bond acceptors (Lipinski definition) is 7. The summed E-state index contributed by atoms with van der Waals surface area (Å²) >= 11 is 0. The molecule has 2 aromatic carbocycles. The van der Waals surface area contributed by atoms with Crippen LogP contribution in [0.5, 0.6) is 11.5 Å². The fourth-order valence-corrected chi connectivity index (χ4v) is 4.89. The fraction of sp³-hybridized carbons (Fsp3) is 0.241. The third-order valence-corrected chi connectivity index (χ3v) is 6.82. The summed E-state index contributed by atoms with van der Waals surface area (Å²) in [6.45, 7) is 1.50. The van der Waals surface area contributed by atoms with Gasteiger partial charge in [0.15, 0.2) is 17.4 Å². The van der Waals surface area contributed by atoms with Crippen LogP contribution in [0.3, 0.4) is 0 Å². The number of carbonyl (C=O) groups excluding carboxylic acids is 1. The predicted molar refractivity (Wildman–Crippen MR) is 146 cm³/mol. The number of methoxy groups -OCH3 is 3. The zero-order valence-corrected chi connectivity index (χ0v) is 23.0. The highest BCUT2D eigenvalue weighted by molar-refractivity contribution is 6.11. The number of anilines is 3. The first-order chi connectivity index (χ1) is 19.7. The topological polar surface area (TPSA) is 106 Å². The van der Waals surface area contributed by atoms with Gasteiger partial charge in [-0.1, -0.05) is 0 Å². The van der Waals surface area contributed by atoms with E-state index in [1.165, 1.54) is 44.4 Å². The molecule has 0 saturated heterocycles. The predicted octanol–water partition coefficient (Wildman–Crippen LogP) is 5.38. The lowest BCUT2D eigenvalue weighted by Crippen LogP contribution is -2.46. The maximum Gasteiger partial charge on any atom is 0.334 e. The zero-order valence-electron chi connectivity index (χ0n) is 23.0. The first-order valence-corrected chi connectivity index (χ1v) is 12.4. The van der Waals surface area contributed by atoms with Gasteiger partial charge in [0.1, 0.15) is 17.5 Å². The Labute approximate surface area is 234 Å². The van der Waals surface area contributed by atoms with Gasteiger partial charge in [-0.05, 0) is 31.2 Å². The number of hydrogen-bond donors (Lipinski definition) is 0. The average Bonchev–Trinajstić information content (AvgIpc) is 3.31. The summed E-state index contributed by atoms with van der Waals surface area (Å²) in [7, 11) is 5.83. The molecule has 0 radical (unpaired) electrons. The van der Waals surface area contributed by atoms with Crippen LogP contribution in [0.4, 0.5) is 30.6 Å². The summed E-state index contributed by atoms with van der Waals surface area (Å²) in [5.41, 5.74) is 3.04. The molecule has 0 aliphatic carbocycles. The van der Waals surface area contributed by atoms with E-state index in [-0.39, 0.29) is 35.8 Å². The minimum atomic E-state index is -1.03. The molecule has 10 nitrogen and oxygen atoms in total. The van der Waals surface area contributed by atoms with E-state index in [9.17, 15) is 10.1 Å². The lowest BCUT2D eigenvalue weighted by Gasteiger charge is -2.37. The van der Waals surface area contributed by atoms with Crippen molar-refractivity contribution in [3.8, 4) is 28.8 Å². The van der Waals surface area contributed by atoms with Crippen molar-refractivity contribution in [2.24, 2.45) is 7.05 Å². The zero-order chi connectivity index (χ0) is 29.4. The van der Waals surface area contributed by atoms with Crippen molar-refractivity contribution < 1.29 is 27.8 Å². The van der Waals surface area contributed by atoms with Crippen LogP contribution < -0.4 is 19.3 Å². The van der Waals surface area contributed by atoms with E-state index < -0.39 is 23.4 Å². The molecule has 5 rings (SSSR count). The molecule has 0 fully saturated rings. The molecule has 1 aliphatic heterocycles. The largest absolute Gasteiger partial charge is 0.495 e. The van der Waals surface area contributed by atoms with E-state index in [1.54, 1.807) is 30.1 Å².